The van der Waals surface area contributed by atoms with Gasteiger partial charge < -0.3 is 15.1 Å². The number of aliphatic imine (C=N–C) groups is 1. The van der Waals surface area contributed by atoms with E-state index >= 15 is 0 Å². The van der Waals surface area contributed by atoms with Gasteiger partial charge in [0, 0.05) is 53.0 Å². The Morgan fingerprint density at radius 1 is 1.33 bits per heavy atom. The summed E-state index contributed by atoms with van der Waals surface area (Å²) >= 11 is 0. The first-order chi connectivity index (χ1) is 9.60. The Kier molecular flexibility index (Phi) is 10.1. The molecule has 0 fully saturated rings. The first-order valence-electron chi connectivity index (χ1n) is 7.13. The second kappa shape index (κ2) is 10.6. The summed E-state index contributed by atoms with van der Waals surface area (Å²) in [5.74, 6) is 1.92. The van der Waals surface area contributed by atoms with Gasteiger partial charge in [-0.3, -0.25) is 4.99 Å². The molecular formula is C15H28IN5. The van der Waals surface area contributed by atoms with Crippen molar-refractivity contribution in [2.75, 3.05) is 39.6 Å². The highest BCUT2D eigenvalue weighted by atomic mass is 127. The van der Waals surface area contributed by atoms with E-state index in [1.165, 1.54) is 18.4 Å². The average Bonchev–Trinajstić information content (AvgIpc) is 2.45. The molecule has 0 aliphatic carbocycles. The second-order valence-corrected chi connectivity index (χ2v) is 5.06. The van der Waals surface area contributed by atoms with Crippen molar-refractivity contribution in [1.29, 1.82) is 0 Å². The van der Waals surface area contributed by atoms with Gasteiger partial charge in [-0.2, -0.15) is 0 Å². The van der Waals surface area contributed by atoms with Gasteiger partial charge in [0.15, 0.2) is 5.96 Å². The summed E-state index contributed by atoms with van der Waals surface area (Å²) in [6.45, 7) is 3.94. The summed E-state index contributed by atoms with van der Waals surface area (Å²) in [4.78, 5) is 12.9. The summed E-state index contributed by atoms with van der Waals surface area (Å²) in [6.07, 6.45) is 4.18. The van der Waals surface area contributed by atoms with Crippen molar-refractivity contribution in [1.82, 2.24) is 15.2 Å². The molecule has 0 atom stereocenters. The standard InChI is InChI=1S/C15H27N5.HI/c1-6-7-11-20(5)15(16-2)18-12-13-9-8-10-17-14(13)19(3)4;/h8-10H,6-7,11-12H2,1-5H3,(H,16,18);1H. The zero-order valence-corrected chi connectivity index (χ0v) is 16.1. The number of anilines is 1. The minimum atomic E-state index is 0. The van der Waals surface area contributed by atoms with E-state index in [-0.39, 0.29) is 24.0 Å². The molecule has 1 N–H and O–H groups in total. The molecule has 0 spiro atoms. The Hall–Kier alpha value is -1.05. The van der Waals surface area contributed by atoms with Crippen LogP contribution in [0.15, 0.2) is 23.3 Å². The monoisotopic (exact) mass is 405 g/mol. The van der Waals surface area contributed by atoms with Gasteiger partial charge in [0.05, 0.1) is 0 Å². The van der Waals surface area contributed by atoms with Gasteiger partial charge in [0.2, 0.25) is 0 Å². The van der Waals surface area contributed by atoms with Gasteiger partial charge in [-0.05, 0) is 12.5 Å². The topological polar surface area (TPSA) is 43.8 Å². The Morgan fingerprint density at radius 2 is 2.05 bits per heavy atom. The molecule has 0 unspecified atom stereocenters. The Morgan fingerprint density at radius 3 is 2.62 bits per heavy atom. The molecule has 5 nitrogen and oxygen atoms in total. The molecule has 0 saturated carbocycles. The van der Waals surface area contributed by atoms with E-state index in [1.807, 2.05) is 38.3 Å². The van der Waals surface area contributed by atoms with Crippen molar-refractivity contribution in [2.45, 2.75) is 26.3 Å². The maximum atomic E-state index is 4.41. The largest absolute Gasteiger partial charge is 0.362 e. The number of guanidine groups is 1. The molecular weight excluding hydrogens is 377 g/mol. The maximum Gasteiger partial charge on any atom is 0.193 e. The number of halogens is 1. The molecule has 1 rings (SSSR count). The summed E-state index contributed by atoms with van der Waals surface area (Å²) in [5.41, 5.74) is 1.17. The molecule has 1 heterocycles. The maximum absolute atomic E-state index is 4.41. The van der Waals surface area contributed by atoms with E-state index in [0.717, 1.165) is 24.9 Å². The Labute approximate surface area is 145 Å². The highest BCUT2D eigenvalue weighted by Crippen LogP contribution is 2.13. The molecule has 1 aromatic heterocycles. The number of hydrogen-bond donors (Lipinski definition) is 1. The van der Waals surface area contributed by atoms with E-state index in [0.29, 0.717) is 0 Å². The van der Waals surface area contributed by atoms with Gasteiger partial charge in [-0.1, -0.05) is 19.4 Å². The van der Waals surface area contributed by atoms with Crippen LogP contribution in [-0.4, -0.2) is 50.6 Å². The quantitative estimate of drug-likeness (QED) is 0.449. The molecule has 1 aromatic rings. The summed E-state index contributed by atoms with van der Waals surface area (Å²) in [7, 11) is 7.91. The molecule has 6 heteroatoms. The van der Waals surface area contributed by atoms with E-state index in [9.17, 15) is 0 Å². The number of nitrogens with zero attached hydrogens (tertiary/aromatic N) is 4. The summed E-state index contributed by atoms with van der Waals surface area (Å²) in [6, 6.07) is 4.06. The van der Waals surface area contributed by atoms with Crippen LogP contribution < -0.4 is 10.2 Å². The summed E-state index contributed by atoms with van der Waals surface area (Å²) < 4.78 is 0. The minimum absolute atomic E-state index is 0. The Bertz CT molecular complexity index is 434. The zero-order valence-electron chi connectivity index (χ0n) is 13.8. The van der Waals surface area contributed by atoms with Crippen molar-refractivity contribution >= 4 is 35.8 Å². The van der Waals surface area contributed by atoms with Crippen LogP contribution >= 0.6 is 24.0 Å². The van der Waals surface area contributed by atoms with E-state index in [4.69, 9.17) is 0 Å². The molecule has 0 aliphatic heterocycles. The predicted octanol–water partition coefficient (Wildman–Crippen LogP) is 2.57. The SMILES string of the molecule is CCCCN(C)C(=NC)NCc1cccnc1N(C)C.I. The highest BCUT2D eigenvalue weighted by Gasteiger charge is 2.08. The molecule has 0 radical (unpaired) electrons. The molecule has 21 heavy (non-hydrogen) atoms. The van der Waals surface area contributed by atoms with E-state index in [2.05, 4.69) is 40.2 Å². The fraction of sp³-hybridized carbons (Fsp3) is 0.600. The minimum Gasteiger partial charge on any atom is -0.362 e. The lowest BCUT2D eigenvalue weighted by Gasteiger charge is -2.23. The molecule has 0 bridgehead atoms. The van der Waals surface area contributed by atoms with Crippen LogP contribution in [0.1, 0.15) is 25.3 Å². The normalized spacial score (nSPS) is 10.8. The van der Waals surface area contributed by atoms with Crippen molar-refractivity contribution in [2.24, 2.45) is 4.99 Å². The fourth-order valence-corrected chi connectivity index (χ4v) is 2.03. The van der Waals surface area contributed by atoms with Crippen LogP contribution in [0, 0.1) is 0 Å². The lowest BCUT2D eigenvalue weighted by Crippen LogP contribution is -2.39. The third kappa shape index (κ3) is 6.50. The first kappa shape index (κ1) is 19.9. The molecule has 0 saturated heterocycles. The molecule has 0 aliphatic rings. The van der Waals surface area contributed by atoms with Crippen molar-refractivity contribution in [3.8, 4) is 0 Å². The molecule has 120 valence electrons. The van der Waals surface area contributed by atoms with Gasteiger partial charge in [-0.25, -0.2) is 4.98 Å². The third-order valence-corrected chi connectivity index (χ3v) is 3.15. The van der Waals surface area contributed by atoms with Crippen molar-refractivity contribution in [3.05, 3.63) is 23.9 Å². The van der Waals surface area contributed by atoms with Crippen LogP contribution in [0.25, 0.3) is 0 Å². The number of pyridine rings is 1. The highest BCUT2D eigenvalue weighted by molar-refractivity contribution is 14.0. The Balaban J connectivity index is 0.00000400. The number of unbranched alkanes of at least 4 members (excludes halogenated alkanes) is 1. The average molecular weight is 405 g/mol. The zero-order chi connectivity index (χ0) is 15.0. The number of nitrogens with one attached hydrogen (secondary N) is 1. The van der Waals surface area contributed by atoms with E-state index in [1.54, 1.807) is 0 Å². The number of aromatic nitrogens is 1. The molecule has 0 amide bonds. The van der Waals surface area contributed by atoms with Crippen LogP contribution in [0.5, 0.6) is 0 Å². The predicted molar refractivity (Wildman–Crippen MR) is 102 cm³/mol. The van der Waals surface area contributed by atoms with Crippen LogP contribution in [0.4, 0.5) is 5.82 Å². The second-order valence-electron chi connectivity index (χ2n) is 5.06. The summed E-state index contributed by atoms with van der Waals surface area (Å²) in [5, 5.41) is 3.40. The molecule has 0 aromatic carbocycles. The van der Waals surface area contributed by atoms with Crippen LogP contribution in [0.3, 0.4) is 0 Å². The van der Waals surface area contributed by atoms with Crippen LogP contribution in [0.2, 0.25) is 0 Å². The van der Waals surface area contributed by atoms with Crippen LogP contribution in [-0.2, 0) is 6.54 Å². The van der Waals surface area contributed by atoms with Crippen molar-refractivity contribution in [3.63, 3.8) is 0 Å². The first-order valence-corrected chi connectivity index (χ1v) is 7.13. The third-order valence-electron chi connectivity index (χ3n) is 3.15. The number of rotatable bonds is 6. The smallest absolute Gasteiger partial charge is 0.193 e. The lowest BCUT2D eigenvalue weighted by molar-refractivity contribution is 0.464. The van der Waals surface area contributed by atoms with Gasteiger partial charge in [-0.15, -0.1) is 24.0 Å². The van der Waals surface area contributed by atoms with Gasteiger partial charge in [0.25, 0.3) is 0 Å². The number of hydrogen-bond acceptors (Lipinski definition) is 3. The fourth-order valence-electron chi connectivity index (χ4n) is 2.03. The van der Waals surface area contributed by atoms with Crippen molar-refractivity contribution < 1.29 is 0 Å². The van der Waals surface area contributed by atoms with Gasteiger partial charge in [0.1, 0.15) is 5.82 Å². The van der Waals surface area contributed by atoms with Gasteiger partial charge >= 0.3 is 0 Å². The van der Waals surface area contributed by atoms with E-state index < -0.39 is 0 Å². The lowest BCUT2D eigenvalue weighted by atomic mass is 10.2.